The minimum absolute atomic E-state index is 0.197. The van der Waals surface area contributed by atoms with Crippen LogP contribution in [0.2, 0.25) is 0 Å². The van der Waals surface area contributed by atoms with Crippen molar-refractivity contribution in [1.82, 2.24) is 9.97 Å². The van der Waals surface area contributed by atoms with Crippen molar-refractivity contribution in [3.05, 3.63) is 41.5 Å². The first kappa shape index (κ1) is 21.0. The van der Waals surface area contributed by atoms with Gasteiger partial charge < -0.3 is 10.2 Å². The third-order valence-electron chi connectivity index (χ3n) is 4.85. The van der Waals surface area contributed by atoms with Crippen LogP contribution in [0, 0.1) is 24.4 Å². The monoisotopic (exact) mass is 428 g/mol. The number of carbonyl (C=O) groups excluding carboxylic acids is 1. The molecule has 156 valence electrons. The lowest BCUT2D eigenvalue weighted by Crippen LogP contribution is -2.45. The van der Waals surface area contributed by atoms with Crippen molar-refractivity contribution in [2.45, 2.75) is 36.8 Å². The Morgan fingerprint density at radius 3 is 2.31 bits per heavy atom. The van der Waals surface area contributed by atoms with Crippen molar-refractivity contribution in [3.8, 4) is 0 Å². The fraction of sp³-hybridized carbons (Fsp3) is 0.389. The van der Waals surface area contributed by atoms with Gasteiger partial charge in [0, 0.05) is 19.3 Å². The van der Waals surface area contributed by atoms with Gasteiger partial charge >= 0.3 is 0 Å². The van der Waals surface area contributed by atoms with Gasteiger partial charge in [0.05, 0.1) is 10.6 Å². The molecule has 0 atom stereocenters. The molecule has 2 aromatic rings. The first-order chi connectivity index (χ1) is 13.5. The average Bonchev–Trinajstić information content (AvgIpc) is 2.63. The fourth-order valence-electron chi connectivity index (χ4n) is 2.65. The number of pyridine rings is 2. The number of amides is 1. The zero-order valence-electron chi connectivity index (χ0n) is 16.0. The molecular formula is C18H19F3N4O3S. The highest BCUT2D eigenvalue weighted by Gasteiger charge is 2.43. The number of hydrogen-bond acceptors (Lipinski definition) is 6. The molecule has 7 nitrogen and oxygen atoms in total. The maximum absolute atomic E-state index is 13.9. The van der Waals surface area contributed by atoms with Crippen LogP contribution in [-0.4, -0.2) is 42.1 Å². The molecule has 11 heteroatoms. The SMILES string of the molecule is Cc1nc(NC(=O)C(C)(C)S(=O)(=O)c2ccc(N3CCC3)nc2)c(F)c(F)c1F. The second-order valence-corrected chi connectivity index (χ2v) is 9.65. The summed E-state index contributed by atoms with van der Waals surface area (Å²) in [4.78, 5) is 21.9. The molecule has 2 aromatic heterocycles. The van der Waals surface area contributed by atoms with Gasteiger partial charge in [0.1, 0.15) is 10.6 Å². The van der Waals surface area contributed by atoms with Crippen LogP contribution >= 0.6 is 0 Å². The van der Waals surface area contributed by atoms with Crippen molar-refractivity contribution in [3.63, 3.8) is 0 Å². The summed E-state index contributed by atoms with van der Waals surface area (Å²) >= 11 is 0. The number of rotatable bonds is 5. The lowest BCUT2D eigenvalue weighted by molar-refractivity contribution is -0.117. The molecule has 1 N–H and O–H groups in total. The van der Waals surface area contributed by atoms with Crippen LogP contribution in [0.25, 0.3) is 0 Å². The van der Waals surface area contributed by atoms with E-state index in [-0.39, 0.29) is 4.90 Å². The Bertz CT molecular complexity index is 1070. The van der Waals surface area contributed by atoms with Crippen LogP contribution in [0.15, 0.2) is 23.2 Å². The summed E-state index contributed by atoms with van der Waals surface area (Å²) in [6.45, 7) is 4.98. The number of hydrogen-bond donors (Lipinski definition) is 1. The highest BCUT2D eigenvalue weighted by Crippen LogP contribution is 2.29. The van der Waals surface area contributed by atoms with Crippen molar-refractivity contribution in [2.75, 3.05) is 23.3 Å². The highest BCUT2D eigenvalue weighted by molar-refractivity contribution is 7.93. The topological polar surface area (TPSA) is 92.3 Å². The van der Waals surface area contributed by atoms with E-state index in [1.807, 2.05) is 10.2 Å². The van der Waals surface area contributed by atoms with E-state index in [1.54, 1.807) is 6.07 Å². The van der Waals surface area contributed by atoms with E-state index < -0.39 is 49.5 Å². The van der Waals surface area contributed by atoms with Gasteiger partial charge in [0.25, 0.3) is 0 Å². The summed E-state index contributed by atoms with van der Waals surface area (Å²) in [5.41, 5.74) is -0.481. The Kier molecular flexibility index (Phi) is 5.28. The molecule has 0 spiro atoms. The molecule has 0 bridgehead atoms. The third kappa shape index (κ3) is 3.54. The number of aromatic nitrogens is 2. The minimum Gasteiger partial charge on any atom is -0.356 e. The molecule has 3 rings (SSSR count). The van der Waals surface area contributed by atoms with Crippen LogP contribution in [0.4, 0.5) is 24.8 Å². The van der Waals surface area contributed by atoms with Crippen LogP contribution in [-0.2, 0) is 14.6 Å². The van der Waals surface area contributed by atoms with Crippen LogP contribution in [0.1, 0.15) is 26.0 Å². The summed E-state index contributed by atoms with van der Waals surface area (Å²) in [6, 6.07) is 2.88. The summed E-state index contributed by atoms with van der Waals surface area (Å²) in [5.74, 6) is -6.42. The lowest BCUT2D eigenvalue weighted by atomic mass is 10.2. The van der Waals surface area contributed by atoms with Gasteiger partial charge in [-0.15, -0.1) is 0 Å². The minimum atomic E-state index is -4.24. The van der Waals surface area contributed by atoms with Gasteiger partial charge in [-0.2, -0.15) is 4.39 Å². The van der Waals surface area contributed by atoms with Crippen molar-refractivity contribution >= 4 is 27.4 Å². The van der Waals surface area contributed by atoms with Gasteiger partial charge in [-0.25, -0.2) is 27.2 Å². The average molecular weight is 428 g/mol. The summed E-state index contributed by atoms with van der Waals surface area (Å²) in [7, 11) is -4.24. The molecule has 0 radical (unpaired) electrons. The van der Waals surface area contributed by atoms with Crippen molar-refractivity contribution < 1.29 is 26.4 Å². The largest absolute Gasteiger partial charge is 0.356 e. The Morgan fingerprint density at radius 1 is 1.14 bits per heavy atom. The molecule has 1 fully saturated rings. The van der Waals surface area contributed by atoms with Crippen molar-refractivity contribution in [1.29, 1.82) is 0 Å². The predicted molar refractivity (Wildman–Crippen MR) is 99.8 cm³/mol. The van der Waals surface area contributed by atoms with E-state index in [0.717, 1.165) is 46.5 Å². The first-order valence-corrected chi connectivity index (χ1v) is 10.2. The van der Waals surface area contributed by atoms with E-state index >= 15 is 0 Å². The molecule has 0 saturated carbocycles. The predicted octanol–water partition coefficient (Wildman–Crippen LogP) is 2.60. The Balaban J connectivity index is 1.87. The molecule has 1 saturated heterocycles. The standard InChI is InChI=1S/C18H19F3N4O3S/c1-10-13(19)14(20)15(21)16(23-10)24-17(26)18(2,3)29(27,28)11-5-6-12(22-9-11)25-7-4-8-25/h5-6,9H,4,7-8H2,1-3H3,(H,23,24,26). The second kappa shape index (κ2) is 7.29. The van der Waals surface area contributed by atoms with E-state index in [2.05, 4.69) is 9.97 Å². The molecule has 0 unspecified atom stereocenters. The molecule has 1 amide bonds. The Hall–Kier alpha value is -2.69. The number of halogens is 3. The number of carbonyl (C=O) groups is 1. The van der Waals surface area contributed by atoms with Gasteiger partial charge in [-0.1, -0.05) is 0 Å². The normalized spacial score (nSPS) is 14.5. The number of nitrogens with zero attached hydrogens (tertiary/aromatic N) is 3. The number of aryl methyl sites for hydroxylation is 1. The number of sulfone groups is 1. The van der Waals surface area contributed by atoms with E-state index in [4.69, 9.17) is 0 Å². The maximum atomic E-state index is 13.9. The third-order valence-corrected chi connectivity index (χ3v) is 7.24. The number of nitrogens with one attached hydrogen (secondary N) is 1. The van der Waals surface area contributed by atoms with Gasteiger partial charge in [-0.05, 0) is 39.3 Å². The molecule has 1 aliphatic rings. The lowest BCUT2D eigenvalue weighted by Gasteiger charge is -2.32. The summed E-state index contributed by atoms with van der Waals surface area (Å²) in [6.07, 6.45) is 2.18. The molecule has 0 aromatic carbocycles. The quantitative estimate of drug-likeness (QED) is 0.787. The van der Waals surface area contributed by atoms with E-state index in [9.17, 15) is 26.4 Å². The fourth-order valence-corrected chi connectivity index (χ4v) is 3.97. The molecular weight excluding hydrogens is 409 g/mol. The maximum Gasteiger partial charge on any atom is 0.246 e. The Labute approximate surface area is 165 Å². The zero-order chi connectivity index (χ0) is 21.6. The van der Waals surface area contributed by atoms with Crippen molar-refractivity contribution in [2.24, 2.45) is 0 Å². The Morgan fingerprint density at radius 2 is 1.79 bits per heavy atom. The van der Waals surface area contributed by atoms with E-state index in [1.165, 1.54) is 6.07 Å². The van der Waals surface area contributed by atoms with Gasteiger partial charge in [0.15, 0.2) is 27.3 Å². The van der Waals surface area contributed by atoms with Crippen LogP contribution in [0.3, 0.4) is 0 Å². The second-order valence-electron chi connectivity index (χ2n) is 7.15. The molecule has 0 aliphatic carbocycles. The van der Waals surface area contributed by atoms with E-state index in [0.29, 0.717) is 5.82 Å². The summed E-state index contributed by atoms with van der Waals surface area (Å²) in [5, 5.41) is 1.94. The van der Waals surface area contributed by atoms with Gasteiger partial charge in [-0.3, -0.25) is 4.79 Å². The highest BCUT2D eigenvalue weighted by atomic mass is 32.2. The molecule has 1 aliphatic heterocycles. The smallest absolute Gasteiger partial charge is 0.246 e. The van der Waals surface area contributed by atoms with Crippen LogP contribution < -0.4 is 10.2 Å². The first-order valence-electron chi connectivity index (χ1n) is 8.75. The molecule has 3 heterocycles. The zero-order valence-corrected chi connectivity index (χ0v) is 16.8. The summed E-state index contributed by atoms with van der Waals surface area (Å²) < 4.78 is 64.7. The molecule has 29 heavy (non-hydrogen) atoms. The number of anilines is 2. The van der Waals surface area contributed by atoms with Crippen LogP contribution in [0.5, 0.6) is 0 Å². The van der Waals surface area contributed by atoms with Gasteiger partial charge in [0.2, 0.25) is 11.7 Å².